The van der Waals surface area contributed by atoms with Gasteiger partial charge in [-0.05, 0) is 31.3 Å². The summed E-state index contributed by atoms with van der Waals surface area (Å²) in [6.07, 6.45) is 1.03. The van der Waals surface area contributed by atoms with E-state index in [-0.39, 0.29) is 5.60 Å². The van der Waals surface area contributed by atoms with E-state index in [2.05, 4.69) is 43.6 Å². The average molecular weight is 227 g/mol. The molecule has 0 saturated heterocycles. The molecule has 0 saturated carbocycles. The van der Waals surface area contributed by atoms with E-state index in [0.29, 0.717) is 0 Å². The molecule has 1 unspecified atom stereocenters. The number of nitrogens with one attached hydrogen (secondary N) is 1. The largest absolute Gasteiger partial charge is 0.368 e. The monoisotopic (exact) mass is 227 g/mol. The van der Waals surface area contributed by atoms with Gasteiger partial charge in [0.2, 0.25) is 0 Å². The summed E-state index contributed by atoms with van der Waals surface area (Å²) in [7, 11) is 0. The van der Waals surface area contributed by atoms with Gasteiger partial charge in [0.1, 0.15) is 0 Å². The van der Waals surface area contributed by atoms with E-state index < -0.39 is 0 Å². The van der Waals surface area contributed by atoms with Gasteiger partial charge in [-0.2, -0.15) is 0 Å². The second kappa shape index (κ2) is 6.26. The summed E-state index contributed by atoms with van der Waals surface area (Å²) < 4.78 is 5.97. The number of likely N-dealkylation sites (N-methyl/N-ethyl adjacent to an activating group) is 1. The van der Waals surface area contributed by atoms with Gasteiger partial charge in [-0.25, -0.2) is 0 Å². The lowest BCUT2D eigenvalue weighted by Gasteiger charge is -2.28. The van der Waals surface area contributed by atoms with Crippen molar-refractivity contribution in [2.45, 2.75) is 39.4 Å². The van der Waals surface area contributed by atoms with Crippen LogP contribution in [0.15, 0.2) is 17.5 Å². The minimum absolute atomic E-state index is 0.0417. The molecule has 1 atom stereocenters. The highest BCUT2D eigenvalue weighted by Crippen LogP contribution is 2.18. The molecule has 0 aliphatic carbocycles. The molecule has 1 heterocycles. The van der Waals surface area contributed by atoms with Crippen molar-refractivity contribution < 1.29 is 4.74 Å². The number of thiophene rings is 1. The highest BCUT2D eigenvalue weighted by atomic mass is 32.1. The fourth-order valence-corrected chi connectivity index (χ4v) is 1.92. The molecule has 15 heavy (non-hydrogen) atoms. The van der Waals surface area contributed by atoms with Gasteiger partial charge in [-0.15, -0.1) is 11.3 Å². The minimum atomic E-state index is -0.0417. The SMILES string of the molecule is CCNCC(C)(CC)OCc1cccs1. The summed E-state index contributed by atoms with van der Waals surface area (Å²) >= 11 is 1.75. The molecule has 3 heteroatoms. The lowest BCUT2D eigenvalue weighted by atomic mass is 10.0. The lowest BCUT2D eigenvalue weighted by Crippen LogP contribution is -2.39. The van der Waals surface area contributed by atoms with Crippen molar-refractivity contribution in [3.8, 4) is 0 Å². The molecular formula is C12H21NOS. The zero-order valence-electron chi connectivity index (χ0n) is 9.88. The van der Waals surface area contributed by atoms with Crippen LogP contribution >= 0.6 is 11.3 Å². The van der Waals surface area contributed by atoms with Gasteiger partial charge < -0.3 is 10.1 Å². The molecule has 0 radical (unpaired) electrons. The van der Waals surface area contributed by atoms with Crippen LogP contribution in [0.1, 0.15) is 32.1 Å². The predicted molar refractivity (Wildman–Crippen MR) is 66.3 cm³/mol. The maximum atomic E-state index is 5.97. The third-order valence-corrected chi connectivity index (χ3v) is 3.49. The van der Waals surface area contributed by atoms with Crippen molar-refractivity contribution in [3.63, 3.8) is 0 Å². The standard InChI is InChI=1S/C12H21NOS/c1-4-12(3,10-13-5-2)14-9-11-7-6-8-15-11/h6-8,13H,4-5,9-10H2,1-3H3. The molecular weight excluding hydrogens is 206 g/mol. The fourth-order valence-electron chi connectivity index (χ4n) is 1.31. The van der Waals surface area contributed by atoms with Crippen molar-refractivity contribution in [1.82, 2.24) is 5.32 Å². The van der Waals surface area contributed by atoms with Crippen LogP contribution in [0.3, 0.4) is 0 Å². The minimum Gasteiger partial charge on any atom is -0.368 e. The molecule has 1 aromatic rings. The lowest BCUT2D eigenvalue weighted by molar-refractivity contribution is -0.0429. The summed E-state index contributed by atoms with van der Waals surface area (Å²) in [5.41, 5.74) is -0.0417. The molecule has 0 fully saturated rings. The first-order valence-corrected chi connectivity index (χ1v) is 6.45. The van der Waals surface area contributed by atoms with Crippen molar-refractivity contribution in [3.05, 3.63) is 22.4 Å². The molecule has 0 bridgehead atoms. The van der Waals surface area contributed by atoms with Crippen LogP contribution in [0.25, 0.3) is 0 Å². The van der Waals surface area contributed by atoms with Gasteiger partial charge in [0.25, 0.3) is 0 Å². The van der Waals surface area contributed by atoms with E-state index in [0.717, 1.165) is 26.1 Å². The predicted octanol–water partition coefficient (Wildman–Crippen LogP) is 3.04. The molecule has 1 rings (SSSR count). The molecule has 0 spiro atoms. The Labute approximate surface area is 96.7 Å². The fraction of sp³-hybridized carbons (Fsp3) is 0.667. The topological polar surface area (TPSA) is 21.3 Å². The number of rotatable bonds is 7. The highest BCUT2D eigenvalue weighted by molar-refractivity contribution is 7.09. The van der Waals surface area contributed by atoms with Crippen LogP contribution in [0.5, 0.6) is 0 Å². The molecule has 0 amide bonds. The Morgan fingerprint density at radius 3 is 2.80 bits per heavy atom. The molecule has 86 valence electrons. The summed E-state index contributed by atoms with van der Waals surface area (Å²) in [4.78, 5) is 1.30. The van der Waals surface area contributed by atoms with Crippen molar-refractivity contribution in [2.24, 2.45) is 0 Å². The van der Waals surface area contributed by atoms with Crippen LogP contribution in [-0.2, 0) is 11.3 Å². The van der Waals surface area contributed by atoms with E-state index in [1.807, 2.05) is 0 Å². The van der Waals surface area contributed by atoms with Crippen LogP contribution in [-0.4, -0.2) is 18.7 Å². The zero-order valence-corrected chi connectivity index (χ0v) is 10.7. The van der Waals surface area contributed by atoms with Crippen LogP contribution in [0.4, 0.5) is 0 Å². The second-order valence-electron chi connectivity index (χ2n) is 3.95. The summed E-state index contributed by atoms with van der Waals surface area (Å²) in [5, 5.41) is 5.44. The highest BCUT2D eigenvalue weighted by Gasteiger charge is 2.22. The third kappa shape index (κ3) is 4.33. The van der Waals surface area contributed by atoms with Crippen molar-refractivity contribution in [1.29, 1.82) is 0 Å². The maximum Gasteiger partial charge on any atom is 0.0817 e. The molecule has 1 N–H and O–H groups in total. The summed E-state index contributed by atoms with van der Waals surface area (Å²) in [6.45, 7) is 9.11. The first-order valence-electron chi connectivity index (χ1n) is 5.57. The summed E-state index contributed by atoms with van der Waals surface area (Å²) in [6, 6.07) is 4.19. The van der Waals surface area contributed by atoms with Crippen LogP contribution in [0, 0.1) is 0 Å². The first-order chi connectivity index (χ1) is 7.20. The molecule has 2 nitrogen and oxygen atoms in total. The Balaban J connectivity index is 2.38. The van der Waals surface area contributed by atoms with Crippen LogP contribution < -0.4 is 5.32 Å². The maximum absolute atomic E-state index is 5.97. The number of hydrogen-bond donors (Lipinski definition) is 1. The Bertz CT molecular complexity index is 261. The van der Waals surface area contributed by atoms with E-state index >= 15 is 0 Å². The van der Waals surface area contributed by atoms with Gasteiger partial charge >= 0.3 is 0 Å². The normalized spacial score (nSPS) is 15.1. The van der Waals surface area contributed by atoms with E-state index in [9.17, 15) is 0 Å². The van der Waals surface area contributed by atoms with E-state index in [4.69, 9.17) is 4.74 Å². The smallest absolute Gasteiger partial charge is 0.0817 e. The molecule has 0 aliphatic rings. The van der Waals surface area contributed by atoms with Gasteiger partial charge in [0, 0.05) is 11.4 Å². The Kier molecular flexibility index (Phi) is 5.29. The van der Waals surface area contributed by atoms with E-state index in [1.165, 1.54) is 4.88 Å². The van der Waals surface area contributed by atoms with Crippen LogP contribution in [0.2, 0.25) is 0 Å². The first kappa shape index (κ1) is 12.7. The zero-order chi connectivity index (χ0) is 11.1. The second-order valence-corrected chi connectivity index (χ2v) is 4.98. The molecule has 1 aromatic heterocycles. The van der Waals surface area contributed by atoms with Gasteiger partial charge in [-0.3, -0.25) is 0 Å². The average Bonchev–Trinajstić information content (AvgIpc) is 2.76. The number of ether oxygens (including phenoxy) is 1. The quantitative estimate of drug-likeness (QED) is 0.773. The van der Waals surface area contributed by atoms with Crippen molar-refractivity contribution in [2.75, 3.05) is 13.1 Å². The molecule has 0 aromatic carbocycles. The van der Waals surface area contributed by atoms with Gasteiger partial charge in [-0.1, -0.05) is 19.9 Å². The summed E-state index contributed by atoms with van der Waals surface area (Å²) in [5.74, 6) is 0. The van der Waals surface area contributed by atoms with Crippen molar-refractivity contribution >= 4 is 11.3 Å². The Hall–Kier alpha value is -0.380. The van der Waals surface area contributed by atoms with E-state index in [1.54, 1.807) is 11.3 Å². The Morgan fingerprint density at radius 1 is 1.47 bits per heavy atom. The van der Waals surface area contributed by atoms with Gasteiger partial charge in [0.05, 0.1) is 12.2 Å². The number of hydrogen-bond acceptors (Lipinski definition) is 3. The van der Waals surface area contributed by atoms with Gasteiger partial charge in [0.15, 0.2) is 0 Å². The molecule has 0 aliphatic heterocycles. The Morgan fingerprint density at radius 2 is 2.27 bits per heavy atom. The third-order valence-electron chi connectivity index (χ3n) is 2.64.